The van der Waals surface area contributed by atoms with Gasteiger partial charge in [-0.15, -0.1) is 0 Å². The van der Waals surface area contributed by atoms with E-state index in [-0.39, 0.29) is 18.8 Å². The van der Waals surface area contributed by atoms with Gasteiger partial charge in [0.05, 0.1) is 6.04 Å². The summed E-state index contributed by atoms with van der Waals surface area (Å²) < 4.78 is 0. The van der Waals surface area contributed by atoms with Crippen molar-refractivity contribution in [3.63, 3.8) is 0 Å². The van der Waals surface area contributed by atoms with Gasteiger partial charge in [0.25, 0.3) is 0 Å². The first kappa shape index (κ1) is 16.8. The first-order valence-corrected chi connectivity index (χ1v) is 10.7. The summed E-state index contributed by atoms with van der Waals surface area (Å²) in [6, 6.07) is 9.92. The lowest BCUT2D eigenvalue weighted by Crippen LogP contribution is -2.48. The van der Waals surface area contributed by atoms with Crippen LogP contribution < -0.4 is 5.32 Å². The molecule has 0 radical (unpaired) electrons. The molecule has 3 atom stereocenters. The molecular weight excluding hydrogens is 320 g/mol. The highest BCUT2D eigenvalue weighted by molar-refractivity contribution is 5.73. The van der Waals surface area contributed by atoms with E-state index in [1.807, 2.05) is 0 Å². The van der Waals surface area contributed by atoms with Crippen LogP contribution in [0.2, 0.25) is 0 Å². The fourth-order valence-electron chi connectivity index (χ4n) is 6.83. The van der Waals surface area contributed by atoms with Gasteiger partial charge in [-0.2, -0.15) is 0 Å². The highest BCUT2D eigenvalue weighted by atomic mass is 16.1. The molecule has 1 N–H and O–H groups in total. The maximum Gasteiger partial charge on any atom is 0.217 e. The topological polar surface area (TPSA) is 32.3 Å². The lowest BCUT2D eigenvalue weighted by Gasteiger charge is -2.45. The number of fused-ring (bicyclic) bond motifs is 4. The summed E-state index contributed by atoms with van der Waals surface area (Å²) in [4.78, 5) is 14.5. The van der Waals surface area contributed by atoms with Crippen LogP contribution in [0.5, 0.6) is 0 Å². The number of carbonyl (C=O) groups excluding carboxylic acids is 1. The van der Waals surface area contributed by atoms with E-state index in [2.05, 4.69) is 34.5 Å². The Morgan fingerprint density at radius 1 is 1.12 bits per heavy atom. The predicted molar refractivity (Wildman–Crippen MR) is 106 cm³/mol. The number of rotatable bonds is 2. The summed E-state index contributed by atoms with van der Waals surface area (Å²) in [5, 5.41) is 3.21. The Kier molecular flexibility index (Phi) is 4.11. The number of likely N-dealkylation sites (tertiary alicyclic amines) is 1. The normalized spacial score (nSPS) is 35.4. The average molecular weight is 355 g/mol. The van der Waals surface area contributed by atoms with Crippen molar-refractivity contribution >= 4 is 5.91 Å². The van der Waals surface area contributed by atoms with Gasteiger partial charge in [0.1, 0.15) is 0 Å². The van der Waals surface area contributed by atoms with Gasteiger partial charge in [0, 0.05) is 19.8 Å². The number of nitrogens with zero attached hydrogens (tertiary/aromatic N) is 1. The van der Waals surface area contributed by atoms with Crippen LogP contribution in [0, 0.1) is 11.8 Å². The van der Waals surface area contributed by atoms with Crippen LogP contribution in [0.3, 0.4) is 0 Å². The molecule has 142 valence electrons. The Balaban J connectivity index is 0.00000180. The summed E-state index contributed by atoms with van der Waals surface area (Å²) in [5.74, 6) is 2.13. The van der Waals surface area contributed by atoms with Crippen molar-refractivity contribution in [3.05, 3.63) is 35.4 Å². The zero-order chi connectivity index (χ0) is 17.7. The Bertz CT molecular complexity index is 685. The number of benzene rings is 1. The van der Waals surface area contributed by atoms with Crippen LogP contribution >= 0.6 is 0 Å². The molecule has 4 aliphatic rings. The number of hydrogen-bond acceptors (Lipinski definition) is 2. The highest BCUT2D eigenvalue weighted by Gasteiger charge is 2.47. The van der Waals surface area contributed by atoms with Gasteiger partial charge >= 0.3 is 0 Å². The Morgan fingerprint density at radius 2 is 1.81 bits per heavy atom. The molecule has 1 heterocycles. The SMILES string of the molecule is CC(=O)N[C@H]1CC2(CCN(C3CC4CCC(C4)C3)CC2)c2ccccc21.[HH]. The van der Waals surface area contributed by atoms with Gasteiger partial charge in [-0.1, -0.05) is 37.1 Å². The molecule has 5 rings (SSSR count). The summed E-state index contributed by atoms with van der Waals surface area (Å²) in [6.07, 6.45) is 11.0. The molecule has 3 heteroatoms. The van der Waals surface area contributed by atoms with Gasteiger partial charge in [-0.25, -0.2) is 0 Å². The van der Waals surface area contributed by atoms with Crippen molar-refractivity contribution in [1.82, 2.24) is 10.2 Å². The van der Waals surface area contributed by atoms with Crippen LogP contribution in [-0.2, 0) is 10.2 Å². The first-order valence-electron chi connectivity index (χ1n) is 10.7. The number of carbonyl (C=O) groups is 1. The monoisotopic (exact) mass is 354 g/mol. The first-order chi connectivity index (χ1) is 12.6. The third-order valence-electron chi connectivity index (χ3n) is 8.01. The third kappa shape index (κ3) is 2.79. The fraction of sp³-hybridized carbons (Fsp3) is 0.696. The van der Waals surface area contributed by atoms with E-state index in [9.17, 15) is 4.79 Å². The van der Waals surface area contributed by atoms with Gasteiger partial charge in [0.2, 0.25) is 5.91 Å². The minimum atomic E-state index is 0. The molecule has 1 aromatic carbocycles. The molecule has 1 saturated heterocycles. The summed E-state index contributed by atoms with van der Waals surface area (Å²) in [7, 11) is 0. The Labute approximate surface area is 159 Å². The Hall–Kier alpha value is -1.35. The lowest BCUT2D eigenvalue weighted by molar-refractivity contribution is -0.119. The van der Waals surface area contributed by atoms with Crippen LogP contribution in [-0.4, -0.2) is 29.9 Å². The molecule has 1 aromatic rings. The standard InChI is InChI=1S/C23H32N2O.H2/c1-16(26)24-22-15-23(21-5-3-2-4-20(21)22)8-10-25(11-9-23)19-13-17-6-7-18(12-17)14-19;/h2-5,17-19,22H,6-15H2,1H3,(H,24,26);1H/t17?,18?,19?,22-;/m0./s1. The van der Waals surface area contributed by atoms with Crippen molar-refractivity contribution in [1.29, 1.82) is 0 Å². The summed E-state index contributed by atoms with van der Waals surface area (Å²) in [5.41, 5.74) is 3.17. The van der Waals surface area contributed by atoms with Gasteiger partial charge in [-0.3, -0.25) is 4.79 Å². The molecule has 1 amide bonds. The van der Waals surface area contributed by atoms with E-state index in [1.54, 1.807) is 6.92 Å². The van der Waals surface area contributed by atoms with Crippen molar-refractivity contribution < 1.29 is 6.22 Å². The second kappa shape index (κ2) is 6.37. The fourth-order valence-corrected chi connectivity index (χ4v) is 6.83. The molecule has 1 spiro atoms. The number of hydrogen-bond donors (Lipinski definition) is 1. The molecule has 3 nitrogen and oxygen atoms in total. The minimum Gasteiger partial charge on any atom is -0.349 e. The van der Waals surface area contributed by atoms with E-state index in [1.165, 1.54) is 69.2 Å². The quantitative estimate of drug-likeness (QED) is 0.852. The average Bonchev–Trinajstić information content (AvgIpc) is 3.13. The smallest absolute Gasteiger partial charge is 0.217 e. The van der Waals surface area contributed by atoms with Gasteiger partial charge in [0.15, 0.2) is 0 Å². The molecular formula is C23H34N2O. The Morgan fingerprint density at radius 3 is 2.50 bits per heavy atom. The van der Waals surface area contributed by atoms with Gasteiger partial charge in [-0.05, 0) is 74.6 Å². The van der Waals surface area contributed by atoms with E-state index < -0.39 is 0 Å². The molecule has 3 fully saturated rings. The largest absolute Gasteiger partial charge is 0.349 e. The summed E-state index contributed by atoms with van der Waals surface area (Å²) in [6.45, 7) is 4.13. The van der Waals surface area contributed by atoms with E-state index in [0.717, 1.165) is 24.3 Å². The zero-order valence-corrected chi connectivity index (χ0v) is 16.0. The van der Waals surface area contributed by atoms with Crippen LogP contribution in [0.1, 0.15) is 76.9 Å². The van der Waals surface area contributed by atoms with Crippen molar-refractivity contribution in [2.45, 2.75) is 75.8 Å². The van der Waals surface area contributed by atoms with Crippen LogP contribution in [0.15, 0.2) is 24.3 Å². The number of amides is 1. The maximum atomic E-state index is 11.7. The molecule has 3 aliphatic carbocycles. The number of piperidine rings is 1. The third-order valence-corrected chi connectivity index (χ3v) is 8.01. The second-order valence-corrected chi connectivity index (χ2v) is 9.53. The van der Waals surface area contributed by atoms with E-state index in [0.29, 0.717) is 0 Å². The molecule has 2 unspecified atom stereocenters. The highest BCUT2D eigenvalue weighted by Crippen LogP contribution is 2.52. The molecule has 1 aliphatic heterocycles. The maximum absolute atomic E-state index is 11.7. The lowest BCUT2D eigenvalue weighted by atomic mass is 9.72. The molecule has 26 heavy (non-hydrogen) atoms. The van der Waals surface area contributed by atoms with Crippen molar-refractivity contribution in [2.24, 2.45) is 11.8 Å². The minimum absolute atomic E-state index is 0. The van der Waals surface area contributed by atoms with Crippen molar-refractivity contribution in [2.75, 3.05) is 13.1 Å². The van der Waals surface area contributed by atoms with Gasteiger partial charge < -0.3 is 10.2 Å². The van der Waals surface area contributed by atoms with Crippen LogP contribution in [0.4, 0.5) is 0 Å². The zero-order valence-electron chi connectivity index (χ0n) is 16.0. The molecule has 0 aromatic heterocycles. The second-order valence-electron chi connectivity index (χ2n) is 9.53. The van der Waals surface area contributed by atoms with Crippen LogP contribution in [0.25, 0.3) is 0 Å². The van der Waals surface area contributed by atoms with E-state index >= 15 is 0 Å². The predicted octanol–water partition coefficient (Wildman–Crippen LogP) is 4.43. The number of nitrogens with one attached hydrogen (secondary N) is 1. The van der Waals surface area contributed by atoms with Crippen molar-refractivity contribution in [3.8, 4) is 0 Å². The van der Waals surface area contributed by atoms with E-state index in [4.69, 9.17) is 0 Å². The molecule has 2 saturated carbocycles. The summed E-state index contributed by atoms with van der Waals surface area (Å²) >= 11 is 0. The molecule has 2 bridgehead atoms.